The Morgan fingerprint density at radius 1 is 1.04 bits per heavy atom. The topological polar surface area (TPSA) is 41.1 Å². The maximum absolute atomic E-state index is 13.3. The molecule has 0 aliphatic carbocycles. The lowest BCUT2D eigenvalue weighted by atomic mass is 9.79. The molecule has 3 fully saturated rings. The van der Waals surface area contributed by atoms with Gasteiger partial charge in [-0.1, -0.05) is 6.07 Å². The standard InChI is InChI=1S/C18H20F2N4/c1-11-17(12-4-6-24(11)7-5-12)23-18-21-9-14(10-22-18)13-2-3-15(19)16(20)8-13/h2-3,8-12,17H,4-7H2,1H3,(H,21,22,23)/t11-,17+/m1/s1. The van der Waals surface area contributed by atoms with Gasteiger partial charge in [-0.2, -0.15) is 0 Å². The first kappa shape index (κ1) is 15.4. The van der Waals surface area contributed by atoms with Gasteiger partial charge in [0.05, 0.1) is 0 Å². The monoisotopic (exact) mass is 330 g/mol. The lowest BCUT2D eigenvalue weighted by molar-refractivity contribution is 0.0455. The number of fused-ring (bicyclic) bond motifs is 3. The minimum Gasteiger partial charge on any atom is -0.350 e. The average molecular weight is 330 g/mol. The number of anilines is 1. The predicted octanol–water partition coefficient (Wildman–Crippen LogP) is 3.32. The van der Waals surface area contributed by atoms with Crippen molar-refractivity contribution in [1.82, 2.24) is 14.9 Å². The van der Waals surface area contributed by atoms with Gasteiger partial charge in [-0.05, 0) is 56.5 Å². The Balaban J connectivity index is 1.50. The van der Waals surface area contributed by atoms with Crippen molar-refractivity contribution >= 4 is 5.95 Å². The molecule has 3 aliphatic rings. The van der Waals surface area contributed by atoms with Gasteiger partial charge in [0.15, 0.2) is 11.6 Å². The molecular formula is C18H20F2N4. The molecule has 5 rings (SSSR count). The Kier molecular flexibility index (Phi) is 3.92. The number of nitrogens with zero attached hydrogens (tertiary/aromatic N) is 3. The lowest BCUT2D eigenvalue weighted by Crippen LogP contribution is -2.59. The fraction of sp³-hybridized carbons (Fsp3) is 0.444. The van der Waals surface area contributed by atoms with Gasteiger partial charge in [-0.3, -0.25) is 4.90 Å². The molecule has 0 unspecified atom stereocenters. The van der Waals surface area contributed by atoms with Gasteiger partial charge >= 0.3 is 0 Å². The second-order valence-corrected chi connectivity index (χ2v) is 6.71. The summed E-state index contributed by atoms with van der Waals surface area (Å²) in [5.41, 5.74) is 1.23. The Bertz CT molecular complexity index is 724. The summed E-state index contributed by atoms with van der Waals surface area (Å²) in [4.78, 5) is 11.2. The Hall–Kier alpha value is -2.08. The molecule has 0 radical (unpaired) electrons. The van der Waals surface area contributed by atoms with Gasteiger partial charge in [-0.25, -0.2) is 18.7 Å². The summed E-state index contributed by atoms with van der Waals surface area (Å²) in [6.45, 7) is 4.61. The van der Waals surface area contributed by atoms with Crippen LogP contribution in [-0.4, -0.2) is 40.0 Å². The van der Waals surface area contributed by atoms with Crippen LogP contribution in [0.5, 0.6) is 0 Å². The molecule has 4 heterocycles. The molecule has 0 amide bonds. The first-order valence-corrected chi connectivity index (χ1v) is 8.40. The maximum atomic E-state index is 13.3. The second-order valence-electron chi connectivity index (χ2n) is 6.71. The van der Waals surface area contributed by atoms with E-state index in [0.717, 1.165) is 12.1 Å². The summed E-state index contributed by atoms with van der Waals surface area (Å²) in [6, 6.07) is 4.65. The van der Waals surface area contributed by atoms with E-state index in [1.165, 1.54) is 32.0 Å². The van der Waals surface area contributed by atoms with Crippen molar-refractivity contribution < 1.29 is 8.78 Å². The normalized spacial score (nSPS) is 28.8. The molecule has 2 bridgehead atoms. The van der Waals surface area contributed by atoms with E-state index in [4.69, 9.17) is 0 Å². The van der Waals surface area contributed by atoms with Crippen molar-refractivity contribution in [1.29, 1.82) is 0 Å². The zero-order valence-electron chi connectivity index (χ0n) is 13.5. The number of nitrogens with one attached hydrogen (secondary N) is 1. The summed E-state index contributed by atoms with van der Waals surface area (Å²) in [5.74, 6) is -0.462. The van der Waals surface area contributed by atoms with E-state index < -0.39 is 11.6 Å². The molecule has 4 nitrogen and oxygen atoms in total. The molecule has 126 valence electrons. The third kappa shape index (κ3) is 2.75. The van der Waals surface area contributed by atoms with E-state index in [1.54, 1.807) is 12.4 Å². The number of halogens is 2. The minimum atomic E-state index is -0.865. The molecule has 1 aromatic carbocycles. The van der Waals surface area contributed by atoms with E-state index >= 15 is 0 Å². The molecule has 1 N–H and O–H groups in total. The second kappa shape index (κ2) is 6.09. The zero-order chi connectivity index (χ0) is 16.7. The highest BCUT2D eigenvalue weighted by Crippen LogP contribution is 2.33. The lowest BCUT2D eigenvalue weighted by Gasteiger charge is -2.49. The van der Waals surface area contributed by atoms with Gasteiger partial charge in [0.25, 0.3) is 0 Å². The number of hydrogen-bond donors (Lipinski definition) is 1. The third-order valence-electron chi connectivity index (χ3n) is 5.38. The molecule has 3 saturated heterocycles. The van der Waals surface area contributed by atoms with Crippen molar-refractivity contribution in [2.24, 2.45) is 5.92 Å². The molecule has 3 aliphatic heterocycles. The number of benzene rings is 1. The summed E-state index contributed by atoms with van der Waals surface area (Å²) in [6.07, 6.45) is 5.73. The molecular weight excluding hydrogens is 310 g/mol. The zero-order valence-corrected chi connectivity index (χ0v) is 13.5. The highest BCUT2D eigenvalue weighted by molar-refractivity contribution is 5.62. The quantitative estimate of drug-likeness (QED) is 0.937. The van der Waals surface area contributed by atoms with Gasteiger partial charge in [0.1, 0.15) is 0 Å². The van der Waals surface area contributed by atoms with Crippen LogP contribution in [0, 0.1) is 17.6 Å². The van der Waals surface area contributed by atoms with Crippen LogP contribution in [0.15, 0.2) is 30.6 Å². The van der Waals surface area contributed by atoms with Crippen LogP contribution in [0.3, 0.4) is 0 Å². The van der Waals surface area contributed by atoms with E-state index in [-0.39, 0.29) is 0 Å². The number of rotatable bonds is 3. The van der Waals surface area contributed by atoms with Crippen LogP contribution in [0.25, 0.3) is 11.1 Å². The molecule has 1 aromatic heterocycles. The highest BCUT2D eigenvalue weighted by atomic mass is 19.2. The van der Waals surface area contributed by atoms with Crippen LogP contribution >= 0.6 is 0 Å². The van der Waals surface area contributed by atoms with Gasteiger partial charge < -0.3 is 5.32 Å². The largest absolute Gasteiger partial charge is 0.350 e. The Labute approximate surface area is 139 Å². The van der Waals surface area contributed by atoms with Crippen molar-refractivity contribution in [2.75, 3.05) is 18.4 Å². The average Bonchev–Trinajstić information content (AvgIpc) is 2.61. The van der Waals surface area contributed by atoms with E-state index in [0.29, 0.717) is 35.1 Å². The SMILES string of the molecule is C[C@@H]1[C@H](Nc2ncc(-c3ccc(F)c(F)c3)cn2)C2CCN1CC2. The third-order valence-corrected chi connectivity index (χ3v) is 5.38. The molecule has 2 aromatic rings. The van der Waals surface area contributed by atoms with Gasteiger partial charge in [0, 0.05) is 30.0 Å². The molecule has 6 heteroatoms. The van der Waals surface area contributed by atoms with E-state index in [2.05, 4.69) is 27.1 Å². The molecule has 0 saturated carbocycles. The first-order valence-electron chi connectivity index (χ1n) is 8.40. The number of hydrogen-bond acceptors (Lipinski definition) is 4. The predicted molar refractivity (Wildman–Crippen MR) is 88.6 cm³/mol. The molecule has 2 atom stereocenters. The van der Waals surface area contributed by atoms with Crippen molar-refractivity contribution in [2.45, 2.75) is 31.8 Å². The maximum Gasteiger partial charge on any atom is 0.222 e. The Morgan fingerprint density at radius 2 is 1.75 bits per heavy atom. The van der Waals surface area contributed by atoms with Crippen LogP contribution in [0.2, 0.25) is 0 Å². The highest BCUT2D eigenvalue weighted by Gasteiger charge is 2.39. The van der Waals surface area contributed by atoms with Gasteiger partial charge in [0.2, 0.25) is 5.95 Å². The summed E-state index contributed by atoms with van der Waals surface area (Å²) >= 11 is 0. The van der Waals surface area contributed by atoms with Crippen LogP contribution in [-0.2, 0) is 0 Å². The van der Waals surface area contributed by atoms with Crippen LogP contribution < -0.4 is 5.32 Å². The summed E-state index contributed by atoms with van der Waals surface area (Å²) < 4.78 is 26.4. The summed E-state index contributed by atoms with van der Waals surface area (Å²) in [5, 5.41) is 3.46. The first-order chi connectivity index (χ1) is 11.6. The van der Waals surface area contributed by atoms with Crippen LogP contribution in [0.4, 0.5) is 14.7 Å². The van der Waals surface area contributed by atoms with Crippen molar-refractivity contribution in [3.05, 3.63) is 42.2 Å². The van der Waals surface area contributed by atoms with E-state index in [9.17, 15) is 8.78 Å². The summed E-state index contributed by atoms with van der Waals surface area (Å²) in [7, 11) is 0. The van der Waals surface area contributed by atoms with Gasteiger partial charge in [-0.15, -0.1) is 0 Å². The van der Waals surface area contributed by atoms with Crippen molar-refractivity contribution in [3.63, 3.8) is 0 Å². The number of piperidine rings is 3. The smallest absolute Gasteiger partial charge is 0.222 e. The van der Waals surface area contributed by atoms with Crippen LogP contribution in [0.1, 0.15) is 19.8 Å². The molecule has 0 spiro atoms. The fourth-order valence-corrected chi connectivity index (χ4v) is 3.92. The number of aromatic nitrogens is 2. The fourth-order valence-electron chi connectivity index (χ4n) is 3.92. The molecule has 24 heavy (non-hydrogen) atoms. The minimum absolute atomic E-state index is 0.363. The Morgan fingerprint density at radius 3 is 2.38 bits per heavy atom. The van der Waals surface area contributed by atoms with Crippen molar-refractivity contribution in [3.8, 4) is 11.1 Å². The van der Waals surface area contributed by atoms with E-state index in [1.807, 2.05) is 0 Å².